The number of esters is 1. The van der Waals surface area contributed by atoms with Crippen molar-refractivity contribution in [2.24, 2.45) is 0 Å². The number of nitrogens with zero attached hydrogens (tertiary/aromatic N) is 3. The zero-order valence-electron chi connectivity index (χ0n) is 13.8. The largest absolute Gasteiger partial charge is 0.465 e. The number of rotatable bonds is 7. The van der Waals surface area contributed by atoms with Crippen LogP contribution in [0.1, 0.15) is 24.9 Å². The standard InChI is InChI=1S/C15H14Cl2F3N3O4/c1-2-27-13(25)9(17)3-7-4-11(10(18)5-8(7)16)23-15(26)22(14(19)20)12(6-24)21-23/h4-5,9,14,24H,2-3,6H2,1H3. The Morgan fingerprint density at radius 2 is 2.07 bits per heavy atom. The molecule has 0 spiro atoms. The number of aliphatic hydroxyl groups is 1. The molecule has 1 aromatic carbocycles. The topological polar surface area (TPSA) is 86.3 Å². The molecular weight excluding hydrogens is 414 g/mol. The SMILES string of the molecule is CCOC(=O)C(Cl)Cc1cc(-n2nc(CO)n(C(F)F)c2=O)c(F)cc1Cl. The Bertz CT molecular complexity index is 901. The zero-order valence-corrected chi connectivity index (χ0v) is 15.3. The van der Waals surface area contributed by atoms with Crippen molar-refractivity contribution in [1.82, 2.24) is 14.3 Å². The van der Waals surface area contributed by atoms with E-state index in [0.717, 1.165) is 12.1 Å². The van der Waals surface area contributed by atoms with Gasteiger partial charge in [0.1, 0.15) is 17.7 Å². The summed E-state index contributed by atoms with van der Waals surface area (Å²) in [6.07, 6.45) is -0.163. The molecule has 1 unspecified atom stereocenters. The molecule has 0 bridgehead atoms. The van der Waals surface area contributed by atoms with Crippen molar-refractivity contribution < 1.29 is 27.8 Å². The van der Waals surface area contributed by atoms with E-state index in [1.807, 2.05) is 0 Å². The summed E-state index contributed by atoms with van der Waals surface area (Å²) >= 11 is 11.9. The van der Waals surface area contributed by atoms with Crippen LogP contribution in [0, 0.1) is 5.82 Å². The normalized spacial score (nSPS) is 12.4. The van der Waals surface area contributed by atoms with E-state index >= 15 is 0 Å². The van der Waals surface area contributed by atoms with E-state index in [1.165, 1.54) is 0 Å². The molecule has 0 amide bonds. The molecule has 2 rings (SSSR count). The lowest BCUT2D eigenvalue weighted by atomic mass is 10.1. The van der Waals surface area contributed by atoms with Gasteiger partial charge in [0, 0.05) is 11.4 Å². The van der Waals surface area contributed by atoms with Crippen molar-refractivity contribution in [3.05, 3.63) is 44.8 Å². The first-order valence-electron chi connectivity index (χ1n) is 7.59. The van der Waals surface area contributed by atoms with E-state index in [0.29, 0.717) is 4.68 Å². The number of alkyl halides is 3. The number of carbonyl (C=O) groups is 1. The Hall–Kier alpha value is -2.04. The van der Waals surface area contributed by atoms with Gasteiger partial charge in [-0.25, -0.2) is 13.8 Å². The summed E-state index contributed by atoms with van der Waals surface area (Å²) in [7, 11) is 0. The maximum absolute atomic E-state index is 14.3. The number of hydrogen-bond acceptors (Lipinski definition) is 5. The minimum atomic E-state index is -3.28. The maximum atomic E-state index is 14.3. The number of carbonyl (C=O) groups excluding carboxylic acids is 1. The predicted molar refractivity (Wildman–Crippen MR) is 89.9 cm³/mol. The molecule has 0 aliphatic heterocycles. The first-order valence-corrected chi connectivity index (χ1v) is 8.41. The second-order valence-electron chi connectivity index (χ2n) is 5.24. The summed E-state index contributed by atoms with van der Waals surface area (Å²) in [6.45, 7) is -2.54. The van der Waals surface area contributed by atoms with Crippen molar-refractivity contribution in [3.8, 4) is 5.69 Å². The fraction of sp³-hybridized carbons (Fsp3) is 0.400. The molecule has 2 aromatic rings. The van der Waals surface area contributed by atoms with Gasteiger partial charge in [0.2, 0.25) is 0 Å². The van der Waals surface area contributed by atoms with E-state index in [4.69, 9.17) is 33.0 Å². The average Bonchev–Trinajstić information content (AvgIpc) is 2.93. The van der Waals surface area contributed by atoms with Crippen LogP contribution in [0.15, 0.2) is 16.9 Å². The van der Waals surface area contributed by atoms with Crippen LogP contribution in [0.3, 0.4) is 0 Å². The minimum absolute atomic E-state index is 0.0727. The molecule has 1 N–H and O–H groups in total. The number of ether oxygens (including phenoxy) is 1. The molecule has 27 heavy (non-hydrogen) atoms. The molecule has 0 saturated carbocycles. The minimum Gasteiger partial charge on any atom is -0.465 e. The number of hydrogen-bond donors (Lipinski definition) is 1. The highest BCUT2D eigenvalue weighted by Crippen LogP contribution is 2.25. The number of benzene rings is 1. The summed E-state index contributed by atoms with van der Waals surface area (Å²) in [5.74, 6) is -2.38. The zero-order chi connectivity index (χ0) is 20.3. The quantitative estimate of drug-likeness (QED) is 0.541. The lowest BCUT2D eigenvalue weighted by Crippen LogP contribution is -2.26. The van der Waals surface area contributed by atoms with Crippen LogP contribution < -0.4 is 5.69 Å². The first kappa shape index (κ1) is 21.3. The third-order valence-electron chi connectivity index (χ3n) is 3.50. The van der Waals surface area contributed by atoms with Gasteiger partial charge in [0.05, 0.1) is 6.61 Å². The molecule has 0 aliphatic rings. The van der Waals surface area contributed by atoms with Crippen LogP contribution in [0.4, 0.5) is 13.2 Å². The Morgan fingerprint density at radius 3 is 2.59 bits per heavy atom. The van der Waals surface area contributed by atoms with Gasteiger partial charge >= 0.3 is 18.2 Å². The molecule has 0 radical (unpaired) electrons. The highest BCUT2D eigenvalue weighted by molar-refractivity contribution is 6.32. The van der Waals surface area contributed by atoms with Crippen LogP contribution >= 0.6 is 23.2 Å². The molecule has 1 heterocycles. The van der Waals surface area contributed by atoms with E-state index in [-0.39, 0.29) is 28.2 Å². The molecule has 1 atom stereocenters. The van der Waals surface area contributed by atoms with Crippen LogP contribution in [0.2, 0.25) is 5.02 Å². The maximum Gasteiger partial charge on any atom is 0.355 e. The summed E-state index contributed by atoms with van der Waals surface area (Å²) in [5, 5.41) is 11.4. The molecule has 12 heteroatoms. The summed E-state index contributed by atoms with van der Waals surface area (Å²) < 4.78 is 45.4. The fourth-order valence-corrected chi connectivity index (χ4v) is 2.75. The Balaban J connectivity index is 2.51. The number of aliphatic hydroxyl groups excluding tert-OH is 1. The molecule has 7 nitrogen and oxygen atoms in total. The van der Waals surface area contributed by atoms with E-state index < -0.39 is 47.5 Å². The predicted octanol–water partition coefficient (Wildman–Crippen LogP) is 2.43. The second-order valence-corrected chi connectivity index (χ2v) is 6.17. The third kappa shape index (κ3) is 4.45. The van der Waals surface area contributed by atoms with Gasteiger partial charge in [-0.15, -0.1) is 16.7 Å². The van der Waals surface area contributed by atoms with Crippen molar-refractivity contribution in [3.63, 3.8) is 0 Å². The lowest BCUT2D eigenvalue weighted by molar-refractivity contribution is -0.142. The summed E-state index contributed by atoms with van der Waals surface area (Å²) in [5.41, 5.74) is -1.67. The van der Waals surface area contributed by atoms with Crippen LogP contribution in [0.5, 0.6) is 0 Å². The van der Waals surface area contributed by atoms with Gasteiger partial charge in [-0.05, 0) is 24.6 Å². The van der Waals surface area contributed by atoms with Crippen LogP contribution in [0.25, 0.3) is 5.69 Å². The number of halogens is 5. The average molecular weight is 428 g/mol. The molecule has 0 fully saturated rings. The van der Waals surface area contributed by atoms with Gasteiger partial charge in [-0.1, -0.05) is 11.6 Å². The molecule has 0 aliphatic carbocycles. The van der Waals surface area contributed by atoms with Crippen LogP contribution in [-0.2, 0) is 22.6 Å². The fourth-order valence-electron chi connectivity index (χ4n) is 2.29. The van der Waals surface area contributed by atoms with Crippen molar-refractivity contribution >= 4 is 29.2 Å². The first-order chi connectivity index (χ1) is 12.7. The van der Waals surface area contributed by atoms with E-state index in [9.17, 15) is 22.8 Å². The highest BCUT2D eigenvalue weighted by Gasteiger charge is 2.24. The van der Waals surface area contributed by atoms with Gasteiger partial charge in [-0.3, -0.25) is 4.79 Å². The lowest BCUT2D eigenvalue weighted by Gasteiger charge is -2.12. The smallest absolute Gasteiger partial charge is 0.355 e. The van der Waals surface area contributed by atoms with Crippen molar-refractivity contribution in [2.45, 2.75) is 31.9 Å². The summed E-state index contributed by atoms with van der Waals surface area (Å²) in [4.78, 5) is 23.8. The molecule has 0 saturated heterocycles. The van der Waals surface area contributed by atoms with E-state index in [2.05, 4.69) is 5.10 Å². The molecular formula is C15H14Cl2F3N3O4. The Kier molecular flexibility index (Phi) is 6.90. The Labute approximate surface area is 160 Å². The molecule has 1 aromatic heterocycles. The van der Waals surface area contributed by atoms with Crippen LogP contribution in [-0.4, -0.2) is 37.4 Å². The second kappa shape index (κ2) is 8.77. The van der Waals surface area contributed by atoms with Gasteiger partial charge in [0.15, 0.2) is 11.6 Å². The molecule has 148 valence electrons. The third-order valence-corrected chi connectivity index (χ3v) is 4.19. The van der Waals surface area contributed by atoms with Gasteiger partial charge in [-0.2, -0.15) is 13.5 Å². The Morgan fingerprint density at radius 1 is 1.41 bits per heavy atom. The van der Waals surface area contributed by atoms with Gasteiger partial charge in [0.25, 0.3) is 0 Å². The van der Waals surface area contributed by atoms with Crippen molar-refractivity contribution in [2.75, 3.05) is 6.61 Å². The van der Waals surface area contributed by atoms with Crippen molar-refractivity contribution in [1.29, 1.82) is 0 Å². The number of aromatic nitrogens is 3. The van der Waals surface area contributed by atoms with Gasteiger partial charge < -0.3 is 9.84 Å². The monoisotopic (exact) mass is 427 g/mol. The summed E-state index contributed by atoms with van der Waals surface area (Å²) in [6, 6.07) is 1.91. The van der Waals surface area contributed by atoms with E-state index in [1.54, 1.807) is 6.92 Å². The highest BCUT2D eigenvalue weighted by atomic mass is 35.5.